The molecule has 2 unspecified atom stereocenters. The summed E-state index contributed by atoms with van der Waals surface area (Å²) in [6.07, 6.45) is 0.785. The third-order valence-electron chi connectivity index (χ3n) is 3.75. The fourth-order valence-corrected chi connectivity index (χ4v) is 5.13. The average molecular weight is 316 g/mol. The van der Waals surface area contributed by atoms with Gasteiger partial charge < -0.3 is 28.6 Å². The Kier molecular flexibility index (Phi) is 6.86. The van der Waals surface area contributed by atoms with Crippen molar-refractivity contribution in [2.24, 2.45) is 0 Å². The van der Waals surface area contributed by atoms with Gasteiger partial charge in [-0.2, -0.15) is 0 Å². The summed E-state index contributed by atoms with van der Waals surface area (Å²) in [5.41, 5.74) is 0. The molecule has 0 bridgehead atoms. The predicted octanol–water partition coefficient (Wildman–Crippen LogP) is 0.640. The third-order valence-corrected chi connectivity index (χ3v) is 8.41. The highest BCUT2D eigenvalue weighted by Gasteiger charge is 2.47. The van der Waals surface area contributed by atoms with Crippen LogP contribution in [0.3, 0.4) is 0 Å². The van der Waals surface area contributed by atoms with Crippen LogP contribution in [0.15, 0.2) is 0 Å². The first kappa shape index (κ1) is 18.2. The van der Waals surface area contributed by atoms with Gasteiger partial charge in [-0.3, -0.25) is 0 Å². The molecule has 0 radical (unpaired) electrons. The maximum absolute atomic E-state index is 11.2. The Morgan fingerprint density at radius 2 is 1.29 bits per heavy atom. The molecule has 0 N–H and O–H groups in total. The lowest BCUT2D eigenvalue weighted by atomic mass is 10.5. The number of ether oxygens (including phenoxy) is 3. The van der Waals surface area contributed by atoms with Crippen LogP contribution in [-0.4, -0.2) is 62.9 Å². The fraction of sp³-hybridized carbons (Fsp3) is 0.786. The number of epoxide rings is 2. The second-order valence-electron chi connectivity index (χ2n) is 5.38. The molecule has 2 aliphatic rings. The zero-order valence-corrected chi connectivity index (χ0v) is 14.1. The Bertz CT molecular complexity index is 352. The van der Waals surface area contributed by atoms with Gasteiger partial charge in [-0.1, -0.05) is 6.92 Å². The summed E-state index contributed by atoms with van der Waals surface area (Å²) in [6, 6.07) is 0.396. The van der Waals surface area contributed by atoms with E-state index >= 15 is 0 Å². The molecule has 120 valence electrons. The second kappa shape index (κ2) is 7.93. The molecule has 2 rings (SSSR count). The Morgan fingerprint density at radius 1 is 0.952 bits per heavy atom. The molecule has 0 spiro atoms. The Morgan fingerprint density at radius 3 is 1.43 bits per heavy atom. The molecular weight excluding hydrogens is 292 g/mol. The molecule has 2 fully saturated rings. The number of carbonyl (C=O) groups excluding carboxylic acids is 3. The maximum Gasteiger partial charge on any atom is 0.278 e. The topological polar surface area (TPSA) is 85.5 Å². The first-order valence-corrected chi connectivity index (χ1v) is 9.39. The van der Waals surface area contributed by atoms with E-state index in [4.69, 9.17) is 14.2 Å². The monoisotopic (exact) mass is 316 g/mol. The van der Waals surface area contributed by atoms with Crippen molar-refractivity contribution in [1.29, 1.82) is 0 Å². The third kappa shape index (κ3) is 5.42. The van der Waals surface area contributed by atoms with E-state index < -0.39 is 8.07 Å². The maximum atomic E-state index is 11.2. The molecule has 0 aliphatic carbocycles. The summed E-state index contributed by atoms with van der Waals surface area (Å²) in [5.74, 6) is 0. The van der Waals surface area contributed by atoms with Crippen LogP contribution in [0.4, 0.5) is 0 Å². The van der Waals surface area contributed by atoms with Crippen molar-refractivity contribution in [2.75, 3.05) is 26.4 Å². The standard InChI is InChI=1S/C8H14O3Si.C6H10O3/c1-5-12(6(2)9,7(3)10)8(4)11;1(5-3-8-5)7-2-6-4-9-6/h5H2,1-4H3;5-6H,1-4H2. The van der Waals surface area contributed by atoms with Gasteiger partial charge in [0.15, 0.2) is 0 Å². The van der Waals surface area contributed by atoms with Crippen LogP contribution in [0.25, 0.3) is 0 Å². The lowest BCUT2D eigenvalue weighted by Gasteiger charge is -2.19. The molecule has 6 nitrogen and oxygen atoms in total. The molecule has 7 heteroatoms. The van der Waals surface area contributed by atoms with Crippen LogP contribution in [0.5, 0.6) is 0 Å². The van der Waals surface area contributed by atoms with E-state index in [0.717, 1.165) is 26.4 Å². The van der Waals surface area contributed by atoms with Gasteiger partial charge in [0.05, 0.1) is 26.4 Å². The Labute approximate surface area is 126 Å². The SMILES string of the molecule is C(OCC1CO1)C1CO1.CC[Si](C(C)=O)(C(C)=O)C(C)=O. The highest BCUT2D eigenvalue weighted by atomic mass is 28.3. The van der Waals surface area contributed by atoms with Crippen LogP contribution in [-0.2, 0) is 28.6 Å². The van der Waals surface area contributed by atoms with Crippen LogP contribution in [0.1, 0.15) is 27.7 Å². The van der Waals surface area contributed by atoms with Gasteiger partial charge >= 0.3 is 0 Å². The lowest BCUT2D eigenvalue weighted by Crippen LogP contribution is -2.56. The molecule has 0 saturated carbocycles. The highest BCUT2D eigenvalue weighted by Crippen LogP contribution is 2.13. The summed E-state index contributed by atoms with van der Waals surface area (Å²) < 4.78 is 15.1. The molecule has 0 amide bonds. The van der Waals surface area contributed by atoms with Gasteiger partial charge in [0.1, 0.15) is 28.4 Å². The van der Waals surface area contributed by atoms with Gasteiger partial charge in [0, 0.05) is 0 Å². The molecule has 21 heavy (non-hydrogen) atoms. The van der Waals surface area contributed by atoms with Crippen molar-refractivity contribution in [3.8, 4) is 0 Å². The number of rotatable bonds is 8. The van der Waals surface area contributed by atoms with E-state index in [2.05, 4.69) is 0 Å². The zero-order valence-electron chi connectivity index (χ0n) is 13.1. The first-order chi connectivity index (χ1) is 9.84. The normalized spacial score (nSPS) is 22.9. The molecule has 2 atom stereocenters. The molecule has 2 heterocycles. The number of hydrogen-bond donors (Lipinski definition) is 0. The van der Waals surface area contributed by atoms with E-state index in [1.165, 1.54) is 20.8 Å². The summed E-state index contributed by atoms with van der Waals surface area (Å²) >= 11 is 0. The minimum Gasteiger partial charge on any atom is -0.376 e. The molecule has 2 saturated heterocycles. The van der Waals surface area contributed by atoms with Crippen LogP contribution >= 0.6 is 0 Å². The van der Waals surface area contributed by atoms with Gasteiger partial charge in [-0.05, 0) is 26.8 Å². The largest absolute Gasteiger partial charge is 0.376 e. The van der Waals surface area contributed by atoms with Crippen molar-refractivity contribution in [3.63, 3.8) is 0 Å². The van der Waals surface area contributed by atoms with Crippen LogP contribution in [0.2, 0.25) is 6.04 Å². The van der Waals surface area contributed by atoms with Crippen molar-refractivity contribution >= 4 is 24.3 Å². The minimum atomic E-state index is -2.92. The van der Waals surface area contributed by atoms with Gasteiger partial charge in [0.2, 0.25) is 0 Å². The van der Waals surface area contributed by atoms with Gasteiger partial charge in [0.25, 0.3) is 8.07 Å². The summed E-state index contributed by atoms with van der Waals surface area (Å²) in [4.78, 5) is 33.6. The second-order valence-corrected chi connectivity index (χ2v) is 10.0. The van der Waals surface area contributed by atoms with Gasteiger partial charge in [-0.15, -0.1) is 0 Å². The van der Waals surface area contributed by atoms with Crippen molar-refractivity contribution in [1.82, 2.24) is 0 Å². The molecule has 2 aliphatic heterocycles. The van der Waals surface area contributed by atoms with Crippen LogP contribution in [0, 0.1) is 0 Å². The first-order valence-electron chi connectivity index (χ1n) is 7.18. The summed E-state index contributed by atoms with van der Waals surface area (Å²) in [6.45, 7) is 9.03. The summed E-state index contributed by atoms with van der Waals surface area (Å²) in [5, 5.41) is -0.653. The lowest BCUT2D eigenvalue weighted by molar-refractivity contribution is -0.117. The molecule has 0 aromatic heterocycles. The van der Waals surface area contributed by atoms with Crippen LogP contribution < -0.4 is 0 Å². The predicted molar refractivity (Wildman–Crippen MR) is 78.6 cm³/mol. The number of hydrogen-bond acceptors (Lipinski definition) is 6. The van der Waals surface area contributed by atoms with Gasteiger partial charge in [-0.25, -0.2) is 0 Å². The fourth-order valence-electron chi connectivity index (χ4n) is 2.15. The van der Waals surface area contributed by atoms with E-state index in [1.807, 2.05) is 0 Å². The van der Waals surface area contributed by atoms with Crippen molar-refractivity contribution < 1.29 is 28.6 Å². The molecular formula is C14H24O6Si. The molecule has 0 aromatic carbocycles. The van der Waals surface area contributed by atoms with E-state index in [1.54, 1.807) is 6.92 Å². The van der Waals surface area contributed by atoms with Crippen molar-refractivity contribution in [3.05, 3.63) is 0 Å². The Balaban J connectivity index is 0.000000216. The highest BCUT2D eigenvalue weighted by molar-refractivity contribution is 7.40. The minimum absolute atomic E-state index is 0.218. The van der Waals surface area contributed by atoms with Crippen molar-refractivity contribution in [2.45, 2.75) is 45.9 Å². The Hall–Kier alpha value is -0.893. The quantitative estimate of drug-likeness (QED) is 0.482. The van der Waals surface area contributed by atoms with E-state index in [-0.39, 0.29) is 16.2 Å². The molecule has 0 aromatic rings. The zero-order chi connectivity index (χ0) is 16.0. The average Bonchev–Trinajstić information content (AvgIpc) is 3.24. The smallest absolute Gasteiger partial charge is 0.278 e. The number of carbonyl (C=O) groups is 3. The summed E-state index contributed by atoms with van der Waals surface area (Å²) in [7, 11) is -2.92. The van der Waals surface area contributed by atoms with E-state index in [0.29, 0.717) is 18.3 Å². The van der Waals surface area contributed by atoms with E-state index in [9.17, 15) is 14.4 Å².